The van der Waals surface area contributed by atoms with Crippen LogP contribution in [0.5, 0.6) is 5.75 Å². The van der Waals surface area contributed by atoms with Gasteiger partial charge in [-0.25, -0.2) is 4.79 Å². The molecule has 0 spiro atoms. The standard InChI is InChI=1S/C16H25NO3/c1-4-7-15(16(18)19-5-2)20-14-9-6-8-13(11-14)10-12(3)17/h6,8-9,11-12,15H,4-5,7,10,17H2,1-3H3. The molecule has 20 heavy (non-hydrogen) atoms. The van der Waals surface area contributed by atoms with E-state index in [9.17, 15) is 4.79 Å². The third-order valence-electron chi connectivity index (χ3n) is 2.83. The van der Waals surface area contributed by atoms with Crippen LogP contribution in [0.3, 0.4) is 0 Å². The molecule has 0 saturated heterocycles. The van der Waals surface area contributed by atoms with Gasteiger partial charge in [0.25, 0.3) is 0 Å². The largest absolute Gasteiger partial charge is 0.479 e. The molecule has 112 valence electrons. The third-order valence-corrected chi connectivity index (χ3v) is 2.83. The quantitative estimate of drug-likeness (QED) is 0.743. The highest BCUT2D eigenvalue weighted by atomic mass is 16.6. The second kappa shape index (κ2) is 8.59. The molecule has 2 unspecified atom stereocenters. The van der Waals surface area contributed by atoms with E-state index < -0.39 is 6.10 Å². The summed E-state index contributed by atoms with van der Waals surface area (Å²) in [7, 11) is 0. The number of hydrogen-bond acceptors (Lipinski definition) is 4. The van der Waals surface area contributed by atoms with Crippen molar-refractivity contribution in [1.82, 2.24) is 0 Å². The Kier molecular flexibility index (Phi) is 7.09. The Balaban J connectivity index is 2.74. The molecule has 0 heterocycles. The number of ether oxygens (including phenoxy) is 2. The van der Waals surface area contributed by atoms with Gasteiger partial charge in [-0.1, -0.05) is 25.5 Å². The highest BCUT2D eigenvalue weighted by molar-refractivity contribution is 5.75. The van der Waals surface area contributed by atoms with Crippen molar-refractivity contribution in [1.29, 1.82) is 0 Å². The minimum absolute atomic E-state index is 0.0988. The van der Waals surface area contributed by atoms with Crippen molar-refractivity contribution in [2.75, 3.05) is 6.61 Å². The third kappa shape index (κ3) is 5.61. The van der Waals surface area contributed by atoms with E-state index in [0.29, 0.717) is 18.8 Å². The summed E-state index contributed by atoms with van der Waals surface area (Å²) < 4.78 is 10.8. The maximum absolute atomic E-state index is 11.8. The molecule has 1 aromatic rings. The van der Waals surface area contributed by atoms with Gasteiger partial charge in [0.2, 0.25) is 0 Å². The predicted molar refractivity (Wildman–Crippen MR) is 79.8 cm³/mol. The van der Waals surface area contributed by atoms with Gasteiger partial charge in [-0.05, 0) is 44.4 Å². The summed E-state index contributed by atoms with van der Waals surface area (Å²) in [6.45, 7) is 6.14. The number of esters is 1. The van der Waals surface area contributed by atoms with E-state index in [4.69, 9.17) is 15.2 Å². The van der Waals surface area contributed by atoms with Crippen molar-refractivity contribution < 1.29 is 14.3 Å². The van der Waals surface area contributed by atoms with Crippen molar-refractivity contribution in [3.63, 3.8) is 0 Å². The van der Waals surface area contributed by atoms with Gasteiger partial charge in [-0.15, -0.1) is 0 Å². The molecular formula is C16H25NO3. The molecule has 4 nitrogen and oxygen atoms in total. The Morgan fingerprint density at radius 2 is 2.10 bits per heavy atom. The van der Waals surface area contributed by atoms with E-state index in [1.807, 2.05) is 38.1 Å². The van der Waals surface area contributed by atoms with Crippen LogP contribution in [0.4, 0.5) is 0 Å². The molecule has 2 N–H and O–H groups in total. The van der Waals surface area contributed by atoms with Crippen LogP contribution >= 0.6 is 0 Å². The molecule has 0 aliphatic carbocycles. The topological polar surface area (TPSA) is 61.5 Å². The zero-order valence-corrected chi connectivity index (χ0v) is 12.6. The molecule has 4 heteroatoms. The molecule has 1 rings (SSSR count). The highest BCUT2D eigenvalue weighted by Gasteiger charge is 2.20. The number of rotatable bonds is 8. The molecule has 0 amide bonds. The van der Waals surface area contributed by atoms with Crippen LogP contribution < -0.4 is 10.5 Å². The van der Waals surface area contributed by atoms with Crippen LogP contribution in [0.2, 0.25) is 0 Å². The van der Waals surface area contributed by atoms with Crippen LogP contribution in [0, 0.1) is 0 Å². The summed E-state index contributed by atoms with van der Waals surface area (Å²) in [4.78, 5) is 11.8. The number of benzene rings is 1. The van der Waals surface area contributed by atoms with Crippen LogP contribution in [-0.4, -0.2) is 24.7 Å². The Hall–Kier alpha value is -1.55. The van der Waals surface area contributed by atoms with Crippen molar-refractivity contribution in [3.8, 4) is 5.75 Å². The van der Waals surface area contributed by atoms with Gasteiger partial charge in [-0.2, -0.15) is 0 Å². The molecule has 2 atom stereocenters. The molecule has 0 aliphatic rings. The summed E-state index contributed by atoms with van der Waals surface area (Å²) in [6, 6.07) is 7.82. The Labute approximate surface area is 121 Å². The van der Waals surface area contributed by atoms with E-state index in [0.717, 1.165) is 18.4 Å². The predicted octanol–water partition coefficient (Wildman–Crippen LogP) is 2.69. The lowest BCUT2D eigenvalue weighted by Crippen LogP contribution is -2.29. The second-order valence-electron chi connectivity index (χ2n) is 4.98. The lowest BCUT2D eigenvalue weighted by atomic mass is 10.1. The monoisotopic (exact) mass is 279 g/mol. The summed E-state index contributed by atoms with van der Waals surface area (Å²) in [5, 5.41) is 0. The molecular weight excluding hydrogens is 254 g/mol. The van der Waals surface area contributed by atoms with E-state index in [1.54, 1.807) is 6.92 Å². The number of nitrogens with two attached hydrogens (primary N) is 1. The molecule has 0 aromatic heterocycles. The Morgan fingerprint density at radius 1 is 1.35 bits per heavy atom. The van der Waals surface area contributed by atoms with E-state index in [2.05, 4.69) is 0 Å². The summed E-state index contributed by atoms with van der Waals surface area (Å²) in [6.07, 6.45) is 1.76. The number of carbonyl (C=O) groups is 1. The first-order valence-corrected chi connectivity index (χ1v) is 7.24. The number of carbonyl (C=O) groups excluding carboxylic acids is 1. The fourth-order valence-corrected chi connectivity index (χ4v) is 2.00. The van der Waals surface area contributed by atoms with Crippen LogP contribution in [-0.2, 0) is 16.0 Å². The van der Waals surface area contributed by atoms with Gasteiger partial charge >= 0.3 is 5.97 Å². The molecule has 0 fully saturated rings. The molecule has 0 radical (unpaired) electrons. The lowest BCUT2D eigenvalue weighted by Gasteiger charge is -2.17. The number of hydrogen-bond donors (Lipinski definition) is 1. The van der Waals surface area contributed by atoms with Gasteiger partial charge in [0.15, 0.2) is 6.10 Å². The van der Waals surface area contributed by atoms with Crippen molar-refractivity contribution in [2.24, 2.45) is 5.73 Å². The fraction of sp³-hybridized carbons (Fsp3) is 0.562. The van der Waals surface area contributed by atoms with E-state index >= 15 is 0 Å². The van der Waals surface area contributed by atoms with Crippen molar-refractivity contribution in [3.05, 3.63) is 29.8 Å². The first-order chi connectivity index (χ1) is 9.56. The van der Waals surface area contributed by atoms with Gasteiger partial charge in [0, 0.05) is 6.04 Å². The summed E-state index contributed by atoms with van der Waals surface area (Å²) in [5.41, 5.74) is 6.90. The summed E-state index contributed by atoms with van der Waals surface area (Å²) >= 11 is 0. The van der Waals surface area contributed by atoms with E-state index in [1.165, 1.54) is 0 Å². The molecule has 0 bridgehead atoms. The van der Waals surface area contributed by atoms with Crippen LogP contribution in [0.1, 0.15) is 39.2 Å². The van der Waals surface area contributed by atoms with Gasteiger partial charge in [0.1, 0.15) is 5.75 Å². The molecule has 0 saturated carbocycles. The summed E-state index contributed by atoms with van der Waals surface area (Å²) in [5.74, 6) is 0.390. The second-order valence-corrected chi connectivity index (χ2v) is 4.98. The average Bonchev–Trinajstić information content (AvgIpc) is 2.38. The maximum Gasteiger partial charge on any atom is 0.347 e. The van der Waals surface area contributed by atoms with Gasteiger partial charge in [-0.3, -0.25) is 0 Å². The maximum atomic E-state index is 11.8. The molecule has 0 aliphatic heterocycles. The van der Waals surface area contributed by atoms with Gasteiger partial charge in [0.05, 0.1) is 6.61 Å². The van der Waals surface area contributed by atoms with Crippen molar-refractivity contribution in [2.45, 2.75) is 52.2 Å². The van der Waals surface area contributed by atoms with Crippen LogP contribution in [0.25, 0.3) is 0 Å². The first-order valence-electron chi connectivity index (χ1n) is 7.24. The minimum Gasteiger partial charge on any atom is -0.479 e. The van der Waals surface area contributed by atoms with E-state index in [-0.39, 0.29) is 12.0 Å². The van der Waals surface area contributed by atoms with Crippen molar-refractivity contribution >= 4 is 5.97 Å². The van der Waals surface area contributed by atoms with Crippen LogP contribution in [0.15, 0.2) is 24.3 Å². The Morgan fingerprint density at radius 3 is 2.70 bits per heavy atom. The smallest absolute Gasteiger partial charge is 0.347 e. The molecule has 1 aromatic carbocycles. The zero-order chi connectivity index (χ0) is 15.0. The normalized spacial score (nSPS) is 13.6. The highest BCUT2D eigenvalue weighted by Crippen LogP contribution is 2.18. The fourth-order valence-electron chi connectivity index (χ4n) is 2.00. The lowest BCUT2D eigenvalue weighted by molar-refractivity contribution is -0.151. The minimum atomic E-state index is -0.537. The first kappa shape index (κ1) is 16.5. The SMILES string of the molecule is CCCC(Oc1cccc(CC(C)N)c1)C(=O)OCC. The zero-order valence-electron chi connectivity index (χ0n) is 12.6. The Bertz CT molecular complexity index is 418. The average molecular weight is 279 g/mol. The van der Waals surface area contributed by atoms with Gasteiger partial charge < -0.3 is 15.2 Å².